The van der Waals surface area contributed by atoms with Crippen LogP contribution in [0.1, 0.15) is 15.9 Å². The van der Waals surface area contributed by atoms with E-state index in [2.05, 4.69) is 5.32 Å². The molecule has 0 saturated carbocycles. The Morgan fingerprint density at radius 1 is 1.20 bits per heavy atom. The lowest BCUT2D eigenvalue weighted by molar-refractivity contribution is 0.0697. The van der Waals surface area contributed by atoms with Crippen molar-refractivity contribution in [2.45, 2.75) is 0 Å². The summed E-state index contributed by atoms with van der Waals surface area (Å²) in [6, 6.07) is 11.5. The predicted octanol–water partition coefficient (Wildman–Crippen LogP) is 4.31. The van der Waals surface area contributed by atoms with E-state index in [0.717, 1.165) is 0 Å². The summed E-state index contributed by atoms with van der Waals surface area (Å²) in [6.45, 7) is 0. The summed E-state index contributed by atoms with van der Waals surface area (Å²) in [5, 5.41) is 21.5. The second-order valence-electron chi connectivity index (χ2n) is 3.90. The first kappa shape index (κ1) is 14.2. The highest BCUT2D eigenvalue weighted by Gasteiger charge is 2.11. The Balaban J connectivity index is 2.41. The molecular weight excluding hydrogens is 299 g/mol. The molecule has 0 saturated heterocycles. The van der Waals surface area contributed by atoms with Gasteiger partial charge in [0.1, 0.15) is 6.07 Å². The van der Waals surface area contributed by atoms with Crippen molar-refractivity contribution in [1.82, 2.24) is 0 Å². The molecule has 0 aliphatic rings. The number of benzene rings is 2. The Morgan fingerprint density at radius 3 is 2.60 bits per heavy atom. The number of carboxylic acids is 1. The number of hydrogen-bond acceptors (Lipinski definition) is 3. The van der Waals surface area contributed by atoms with Crippen LogP contribution in [0.3, 0.4) is 0 Å². The van der Waals surface area contributed by atoms with Crippen molar-refractivity contribution in [2.75, 3.05) is 5.32 Å². The van der Waals surface area contributed by atoms with Gasteiger partial charge in [-0.05, 0) is 30.3 Å². The Kier molecular flexibility index (Phi) is 4.14. The van der Waals surface area contributed by atoms with E-state index in [0.29, 0.717) is 22.0 Å². The van der Waals surface area contributed by atoms with Gasteiger partial charge in [-0.25, -0.2) is 4.79 Å². The minimum atomic E-state index is -1.12. The number of rotatable bonds is 3. The van der Waals surface area contributed by atoms with E-state index >= 15 is 0 Å². The van der Waals surface area contributed by atoms with Crippen LogP contribution < -0.4 is 5.32 Å². The van der Waals surface area contributed by atoms with E-state index in [-0.39, 0.29) is 10.6 Å². The fourth-order valence-corrected chi connectivity index (χ4v) is 2.08. The Morgan fingerprint density at radius 2 is 1.95 bits per heavy atom. The van der Waals surface area contributed by atoms with Crippen molar-refractivity contribution < 1.29 is 9.90 Å². The highest BCUT2D eigenvalue weighted by atomic mass is 35.5. The van der Waals surface area contributed by atoms with Crippen LogP contribution in [0.25, 0.3) is 0 Å². The van der Waals surface area contributed by atoms with Gasteiger partial charge in [-0.3, -0.25) is 0 Å². The zero-order chi connectivity index (χ0) is 14.7. The summed E-state index contributed by atoms with van der Waals surface area (Å²) in [5.41, 5.74) is 1.28. The van der Waals surface area contributed by atoms with Gasteiger partial charge in [0.05, 0.1) is 26.9 Å². The molecule has 100 valence electrons. The lowest BCUT2D eigenvalue weighted by atomic mass is 10.1. The topological polar surface area (TPSA) is 73.1 Å². The number of aromatic carboxylic acids is 1. The summed E-state index contributed by atoms with van der Waals surface area (Å²) in [5.74, 6) is -1.12. The van der Waals surface area contributed by atoms with Gasteiger partial charge in [0.25, 0.3) is 0 Å². The minimum absolute atomic E-state index is 0.0165. The number of carboxylic acid groups (broad SMARTS) is 1. The molecule has 0 aliphatic heterocycles. The van der Waals surface area contributed by atoms with Crippen LogP contribution in [0.2, 0.25) is 10.0 Å². The van der Waals surface area contributed by atoms with E-state index in [9.17, 15) is 4.79 Å². The van der Waals surface area contributed by atoms with E-state index in [4.69, 9.17) is 33.6 Å². The normalized spacial score (nSPS) is 9.85. The fourth-order valence-electron chi connectivity index (χ4n) is 1.66. The average Bonchev–Trinajstić information content (AvgIpc) is 2.41. The predicted molar refractivity (Wildman–Crippen MR) is 77.9 cm³/mol. The molecule has 0 heterocycles. The largest absolute Gasteiger partial charge is 0.478 e. The second kappa shape index (κ2) is 5.83. The van der Waals surface area contributed by atoms with Gasteiger partial charge in [-0.1, -0.05) is 29.3 Å². The maximum absolute atomic E-state index is 11.0. The average molecular weight is 307 g/mol. The van der Waals surface area contributed by atoms with Crippen molar-refractivity contribution in [3.63, 3.8) is 0 Å². The third kappa shape index (κ3) is 2.85. The van der Waals surface area contributed by atoms with Crippen molar-refractivity contribution in [1.29, 1.82) is 5.26 Å². The number of nitrogens with zero attached hydrogens (tertiary/aromatic N) is 1. The standard InChI is InChI=1S/C14H8Cl2N2O2/c15-11-2-1-3-13(10(11)7-17)18-8-4-5-12(16)9(6-8)14(19)20/h1-6,18H,(H,19,20). The summed E-state index contributed by atoms with van der Waals surface area (Å²) < 4.78 is 0. The lowest BCUT2D eigenvalue weighted by Crippen LogP contribution is -2.00. The zero-order valence-corrected chi connectivity index (χ0v) is 11.5. The van der Waals surface area contributed by atoms with E-state index in [1.807, 2.05) is 6.07 Å². The number of carbonyl (C=O) groups is 1. The van der Waals surface area contributed by atoms with E-state index < -0.39 is 5.97 Å². The first-order chi connectivity index (χ1) is 9.52. The van der Waals surface area contributed by atoms with Crippen LogP contribution >= 0.6 is 23.2 Å². The molecule has 2 N–H and O–H groups in total. The monoisotopic (exact) mass is 306 g/mol. The number of nitrogens with one attached hydrogen (secondary N) is 1. The van der Waals surface area contributed by atoms with E-state index in [1.54, 1.807) is 24.3 Å². The molecule has 0 aromatic heterocycles. The molecule has 4 nitrogen and oxygen atoms in total. The molecule has 0 unspecified atom stereocenters. The van der Waals surface area contributed by atoms with Gasteiger partial charge in [0, 0.05) is 5.69 Å². The third-order valence-electron chi connectivity index (χ3n) is 2.60. The molecule has 6 heteroatoms. The molecule has 2 rings (SSSR count). The van der Waals surface area contributed by atoms with Crippen LogP contribution in [0.15, 0.2) is 36.4 Å². The molecule has 0 spiro atoms. The summed E-state index contributed by atoms with van der Waals surface area (Å²) in [7, 11) is 0. The van der Waals surface area contributed by atoms with Gasteiger partial charge in [-0.2, -0.15) is 5.26 Å². The summed E-state index contributed by atoms with van der Waals surface area (Å²) >= 11 is 11.7. The van der Waals surface area contributed by atoms with Crippen LogP contribution in [-0.4, -0.2) is 11.1 Å². The molecule has 0 radical (unpaired) electrons. The van der Waals surface area contributed by atoms with Gasteiger partial charge in [0.2, 0.25) is 0 Å². The highest BCUT2D eigenvalue weighted by Crippen LogP contribution is 2.28. The number of hydrogen-bond donors (Lipinski definition) is 2. The van der Waals surface area contributed by atoms with Gasteiger partial charge in [0.15, 0.2) is 0 Å². The summed E-state index contributed by atoms with van der Waals surface area (Å²) in [6.07, 6.45) is 0. The maximum Gasteiger partial charge on any atom is 0.337 e. The number of anilines is 2. The van der Waals surface area contributed by atoms with Gasteiger partial charge < -0.3 is 10.4 Å². The molecular formula is C14H8Cl2N2O2. The summed E-state index contributed by atoms with van der Waals surface area (Å²) in [4.78, 5) is 11.0. The molecule has 2 aromatic carbocycles. The molecule has 20 heavy (non-hydrogen) atoms. The Hall–Kier alpha value is -2.22. The van der Waals surface area contributed by atoms with Crippen LogP contribution in [0, 0.1) is 11.3 Å². The Labute approximate surface area is 125 Å². The molecule has 2 aromatic rings. The Bertz CT molecular complexity index is 724. The maximum atomic E-state index is 11.0. The van der Waals surface area contributed by atoms with E-state index in [1.165, 1.54) is 12.1 Å². The molecule has 0 atom stereocenters. The van der Waals surface area contributed by atoms with Crippen molar-refractivity contribution >= 4 is 40.5 Å². The lowest BCUT2D eigenvalue weighted by Gasteiger charge is -2.10. The zero-order valence-electron chi connectivity index (χ0n) is 10.0. The second-order valence-corrected chi connectivity index (χ2v) is 4.71. The van der Waals surface area contributed by atoms with Crippen molar-refractivity contribution in [2.24, 2.45) is 0 Å². The van der Waals surface area contributed by atoms with Crippen LogP contribution in [-0.2, 0) is 0 Å². The van der Waals surface area contributed by atoms with Gasteiger partial charge >= 0.3 is 5.97 Å². The SMILES string of the molecule is N#Cc1c(Cl)cccc1Nc1ccc(Cl)c(C(=O)O)c1. The highest BCUT2D eigenvalue weighted by molar-refractivity contribution is 6.33. The third-order valence-corrected chi connectivity index (χ3v) is 3.25. The van der Waals surface area contributed by atoms with Gasteiger partial charge in [-0.15, -0.1) is 0 Å². The first-order valence-electron chi connectivity index (χ1n) is 5.51. The minimum Gasteiger partial charge on any atom is -0.478 e. The quantitative estimate of drug-likeness (QED) is 0.886. The van der Waals surface area contributed by atoms with Crippen LogP contribution in [0.4, 0.5) is 11.4 Å². The first-order valence-corrected chi connectivity index (χ1v) is 6.27. The molecule has 0 aliphatic carbocycles. The number of nitriles is 1. The number of halogens is 2. The van der Waals surface area contributed by atoms with Crippen LogP contribution in [0.5, 0.6) is 0 Å². The van der Waals surface area contributed by atoms with Crippen molar-refractivity contribution in [3.8, 4) is 6.07 Å². The molecule has 0 fully saturated rings. The van der Waals surface area contributed by atoms with Crippen molar-refractivity contribution in [3.05, 3.63) is 57.6 Å². The fraction of sp³-hybridized carbons (Fsp3) is 0. The molecule has 0 bridgehead atoms. The smallest absolute Gasteiger partial charge is 0.337 e. The molecule has 0 amide bonds.